The first-order valence-electron chi connectivity index (χ1n) is 7.90. The van der Waals surface area contributed by atoms with Gasteiger partial charge in [0.05, 0.1) is 12.8 Å². The van der Waals surface area contributed by atoms with Gasteiger partial charge in [-0.2, -0.15) is 0 Å². The summed E-state index contributed by atoms with van der Waals surface area (Å²) in [6, 6.07) is 10.4. The first-order valence-corrected chi connectivity index (χ1v) is 7.90. The van der Waals surface area contributed by atoms with Crippen molar-refractivity contribution in [2.24, 2.45) is 5.92 Å². The van der Waals surface area contributed by atoms with Crippen LogP contribution in [0.25, 0.3) is 0 Å². The lowest BCUT2D eigenvalue weighted by atomic mass is 9.91. The van der Waals surface area contributed by atoms with Crippen molar-refractivity contribution in [2.75, 3.05) is 20.2 Å². The molecule has 1 unspecified atom stereocenters. The summed E-state index contributed by atoms with van der Waals surface area (Å²) in [7, 11) is 1.51. The smallest absolute Gasteiger partial charge is 0.197 e. The molecule has 2 atom stereocenters. The van der Waals surface area contributed by atoms with Crippen molar-refractivity contribution in [3.05, 3.63) is 54.1 Å². The van der Waals surface area contributed by atoms with Gasteiger partial charge in [-0.3, -0.25) is 4.98 Å². The average Bonchev–Trinajstić information content (AvgIpc) is 2.62. The second-order valence-corrected chi connectivity index (χ2v) is 5.67. The fourth-order valence-electron chi connectivity index (χ4n) is 2.97. The number of aromatic nitrogens is 1. The van der Waals surface area contributed by atoms with E-state index >= 15 is 0 Å². The Labute approximate surface area is 135 Å². The number of piperidine rings is 1. The summed E-state index contributed by atoms with van der Waals surface area (Å²) in [5.41, 5.74) is 0.812. The number of halogens is 1. The van der Waals surface area contributed by atoms with Crippen LogP contribution in [0, 0.1) is 11.7 Å². The summed E-state index contributed by atoms with van der Waals surface area (Å²) in [6.45, 7) is 1.84. The Bertz CT molecular complexity index is 630. The molecule has 0 radical (unpaired) electrons. The summed E-state index contributed by atoms with van der Waals surface area (Å²) >= 11 is 0. The van der Waals surface area contributed by atoms with Gasteiger partial charge in [0.15, 0.2) is 17.3 Å². The highest BCUT2D eigenvalue weighted by Crippen LogP contribution is 2.37. The lowest BCUT2D eigenvalue weighted by Crippen LogP contribution is -2.35. The van der Waals surface area contributed by atoms with Crippen molar-refractivity contribution in [3.63, 3.8) is 0 Å². The van der Waals surface area contributed by atoms with Gasteiger partial charge in [0, 0.05) is 18.7 Å². The number of ether oxygens (including phenoxy) is 2. The van der Waals surface area contributed by atoms with Crippen LogP contribution in [0.4, 0.5) is 4.39 Å². The molecule has 0 aliphatic carbocycles. The maximum atomic E-state index is 14.2. The molecule has 1 N–H and O–H groups in total. The molecule has 2 aromatic rings. The summed E-state index contributed by atoms with van der Waals surface area (Å²) in [6.07, 6.45) is 3.52. The van der Waals surface area contributed by atoms with Crippen LogP contribution in [0.3, 0.4) is 0 Å². The van der Waals surface area contributed by atoms with E-state index in [0.717, 1.165) is 31.6 Å². The maximum absolute atomic E-state index is 14.2. The molecule has 1 aromatic heterocycles. The predicted molar refractivity (Wildman–Crippen MR) is 86.2 cm³/mol. The van der Waals surface area contributed by atoms with E-state index in [4.69, 9.17) is 9.47 Å². The van der Waals surface area contributed by atoms with Crippen LogP contribution >= 0.6 is 0 Å². The molecule has 1 saturated heterocycles. The zero-order valence-electron chi connectivity index (χ0n) is 13.2. The Morgan fingerprint density at radius 1 is 1.26 bits per heavy atom. The van der Waals surface area contributed by atoms with Gasteiger partial charge in [-0.05, 0) is 43.7 Å². The SMILES string of the molecule is COc1cccc(F)c1OC(c1ccccn1)[C@H]1CCCNC1. The Morgan fingerprint density at radius 2 is 2.17 bits per heavy atom. The molecule has 0 bridgehead atoms. The Balaban J connectivity index is 1.93. The number of hydrogen-bond acceptors (Lipinski definition) is 4. The summed E-state index contributed by atoms with van der Waals surface area (Å²) in [5.74, 6) is 0.364. The topological polar surface area (TPSA) is 43.4 Å². The number of hydrogen-bond donors (Lipinski definition) is 1. The van der Waals surface area contributed by atoms with Crippen LogP contribution in [0.2, 0.25) is 0 Å². The van der Waals surface area contributed by atoms with Crippen LogP contribution < -0.4 is 14.8 Å². The molecule has 3 rings (SSSR count). The third-order valence-electron chi connectivity index (χ3n) is 4.14. The zero-order chi connectivity index (χ0) is 16.1. The third kappa shape index (κ3) is 3.62. The van der Waals surface area contributed by atoms with Crippen molar-refractivity contribution < 1.29 is 13.9 Å². The van der Waals surface area contributed by atoms with Gasteiger partial charge >= 0.3 is 0 Å². The minimum atomic E-state index is -0.422. The number of benzene rings is 1. The van der Waals surface area contributed by atoms with E-state index in [9.17, 15) is 4.39 Å². The minimum Gasteiger partial charge on any atom is -0.493 e. The molecule has 1 aromatic carbocycles. The number of rotatable bonds is 5. The number of methoxy groups -OCH3 is 1. The molecule has 1 fully saturated rings. The van der Waals surface area contributed by atoms with Gasteiger partial charge in [0.1, 0.15) is 6.10 Å². The van der Waals surface area contributed by atoms with E-state index in [-0.39, 0.29) is 17.8 Å². The standard InChI is InChI=1S/C18H21FN2O2/c1-22-16-9-4-7-14(19)18(16)23-17(13-6-5-10-20-12-13)15-8-2-3-11-21-15/h2-4,7-9,11,13,17,20H,5-6,10,12H2,1H3/t13-,17?/m0/s1. The first-order chi connectivity index (χ1) is 11.3. The lowest BCUT2D eigenvalue weighted by molar-refractivity contribution is 0.103. The molecule has 0 spiro atoms. The maximum Gasteiger partial charge on any atom is 0.197 e. The molecule has 122 valence electrons. The number of nitrogens with zero attached hydrogens (tertiary/aromatic N) is 1. The van der Waals surface area contributed by atoms with Gasteiger partial charge in [-0.25, -0.2) is 4.39 Å². The van der Waals surface area contributed by atoms with Crippen LogP contribution in [-0.2, 0) is 0 Å². The van der Waals surface area contributed by atoms with Gasteiger partial charge in [-0.1, -0.05) is 12.1 Å². The second-order valence-electron chi connectivity index (χ2n) is 5.67. The summed E-state index contributed by atoms with van der Waals surface area (Å²) < 4.78 is 25.6. The van der Waals surface area contributed by atoms with Crippen LogP contribution in [0.1, 0.15) is 24.6 Å². The number of pyridine rings is 1. The fourth-order valence-corrected chi connectivity index (χ4v) is 2.97. The molecule has 2 heterocycles. The normalized spacial score (nSPS) is 19.1. The molecule has 5 heteroatoms. The van der Waals surface area contributed by atoms with Gasteiger partial charge in [0.25, 0.3) is 0 Å². The van der Waals surface area contributed by atoms with Crippen molar-refractivity contribution in [1.82, 2.24) is 10.3 Å². The summed E-state index contributed by atoms with van der Waals surface area (Å²) in [5, 5.41) is 3.38. The van der Waals surface area contributed by atoms with Gasteiger partial charge in [0.2, 0.25) is 0 Å². The van der Waals surface area contributed by atoms with Crippen molar-refractivity contribution in [1.29, 1.82) is 0 Å². The molecular formula is C18H21FN2O2. The summed E-state index contributed by atoms with van der Waals surface area (Å²) in [4.78, 5) is 4.42. The van der Waals surface area contributed by atoms with E-state index in [0.29, 0.717) is 5.75 Å². The highest BCUT2D eigenvalue weighted by molar-refractivity contribution is 5.41. The molecular weight excluding hydrogens is 295 g/mol. The first kappa shape index (κ1) is 15.7. The molecule has 4 nitrogen and oxygen atoms in total. The number of nitrogens with one attached hydrogen (secondary N) is 1. The van der Waals surface area contributed by atoms with Crippen molar-refractivity contribution in [2.45, 2.75) is 18.9 Å². The Kier molecular flexibility index (Phi) is 5.08. The average molecular weight is 316 g/mol. The van der Waals surface area contributed by atoms with E-state index in [1.807, 2.05) is 18.2 Å². The molecule has 0 saturated carbocycles. The second kappa shape index (κ2) is 7.42. The highest BCUT2D eigenvalue weighted by atomic mass is 19.1. The Hall–Kier alpha value is -2.14. The quantitative estimate of drug-likeness (QED) is 0.919. The third-order valence-corrected chi connectivity index (χ3v) is 4.14. The van der Waals surface area contributed by atoms with E-state index in [2.05, 4.69) is 10.3 Å². The van der Waals surface area contributed by atoms with Crippen LogP contribution in [0.5, 0.6) is 11.5 Å². The lowest BCUT2D eigenvalue weighted by Gasteiger charge is -2.31. The van der Waals surface area contributed by atoms with Crippen LogP contribution in [0.15, 0.2) is 42.6 Å². The Morgan fingerprint density at radius 3 is 2.87 bits per heavy atom. The molecule has 1 aliphatic rings. The van der Waals surface area contributed by atoms with Crippen molar-refractivity contribution >= 4 is 0 Å². The number of para-hydroxylation sites is 1. The van der Waals surface area contributed by atoms with Crippen LogP contribution in [-0.4, -0.2) is 25.2 Å². The molecule has 23 heavy (non-hydrogen) atoms. The highest BCUT2D eigenvalue weighted by Gasteiger charge is 2.29. The van der Waals surface area contributed by atoms with E-state index in [1.54, 1.807) is 18.3 Å². The zero-order valence-corrected chi connectivity index (χ0v) is 13.2. The predicted octanol–water partition coefficient (Wildman–Crippen LogP) is 3.35. The fraction of sp³-hybridized carbons (Fsp3) is 0.389. The van der Waals surface area contributed by atoms with Gasteiger partial charge in [-0.15, -0.1) is 0 Å². The monoisotopic (exact) mass is 316 g/mol. The van der Waals surface area contributed by atoms with Gasteiger partial charge < -0.3 is 14.8 Å². The molecule has 0 amide bonds. The largest absolute Gasteiger partial charge is 0.493 e. The molecule has 1 aliphatic heterocycles. The van der Waals surface area contributed by atoms with E-state index in [1.165, 1.54) is 13.2 Å². The van der Waals surface area contributed by atoms with E-state index < -0.39 is 5.82 Å². The van der Waals surface area contributed by atoms with Crippen molar-refractivity contribution in [3.8, 4) is 11.5 Å². The minimum absolute atomic E-state index is 0.149.